The molecule has 2 aromatic heterocycles. The first-order valence-electron chi connectivity index (χ1n) is 8.17. The maximum absolute atomic E-state index is 12.5. The normalized spacial score (nSPS) is 10.8. The van der Waals surface area contributed by atoms with E-state index in [9.17, 15) is 4.79 Å². The fraction of sp³-hybridized carbons (Fsp3) is 0.263. The lowest BCUT2D eigenvalue weighted by atomic mass is 10.3. The van der Waals surface area contributed by atoms with E-state index in [2.05, 4.69) is 15.6 Å². The van der Waals surface area contributed by atoms with Crippen molar-refractivity contribution in [3.05, 3.63) is 65.6 Å². The second-order valence-electron chi connectivity index (χ2n) is 5.88. The zero-order chi connectivity index (χ0) is 16.9. The molecule has 0 fully saturated rings. The minimum absolute atomic E-state index is 0.0800. The lowest BCUT2D eigenvalue weighted by Gasteiger charge is -2.08. The molecule has 0 unspecified atom stereocenters. The molecule has 0 aliphatic heterocycles. The molecule has 124 valence electrons. The number of para-hydroxylation sites is 1. The monoisotopic (exact) mass is 322 g/mol. The van der Waals surface area contributed by atoms with Gasteiger partial charge in [-0.05, 0) is 50.1 Å². The summed E-state index contributed by atoms with van der Waals surface area (Å²) in [4.78, 5) is 16.9. The topological polar surface area (TPSA) is 58.4 Å². The predicted octanol–water partition coefficient (Wildman–Crippen LogP) is 3.18. The molecule has 1 amide bonds. The number of hydrogen-bond acceptors (Lipinski definition) is 3. The summed E-state index contributed by atoms with van der Waals surface area (Å²) in [6.07, 6.45) is 2.76. The molecule has 5 nitrogen and oxygen atoms in total. The molecule has 24 heavy (non-hydrogen) atoms. The summed E-state index contributed by atoms with van der Waals surface area (Å²) in [7, 11) is 0. The summed E-state index contributed by atoms with van der Waals surface area (Å²) in [6, 6.07) is 14.0. The molecule has 0 saturated carbocycles. The Hall–Kier alpha value is -2.82. The number of aromatic nitrogens is 2. The van der Waals surface area contributed by atoms with E-state index in [-0.39, 0.29) is 5.91 Å². The van der Waals surface area contributed by atoms with Gasteiger partial charge in [0.1, 0.15) is 11.3 Å². The molecule has 0 radical (unpaired) electrons. The highest BCUT2D eigenvalue weighted by Crippen LogP contribution is 2.13. The van der Waals surface area contributed by atoms with Crippen LogP contribution in [0.2, 0.25) is 0 Å². The summed E-state index contributed by atoms with van der Waals surface area (Å²) >= 11 is 0. The second kappa shape index (κ2) is 7.17. The minimum atomic E-state index is -0.0800. The van der Waals surface area contributed by atoms with Crippen LogP contribution in [0.5, 0.6) is 0 Å². The van der Waals surface area contributed by atoms with Gasteiger partial charge in [-0.1, -0.05) is 18.2 Å². The highest BCUT2D eigenvalue weighted by molar-refractivity contribution is 5.94. The summed E-state index contributed by atoms with van der Waals surface area (Å²) < 4.78 is 1.85. The number of imidazole rings is 1. The number of amides is 1. The van der Waals surface area contributed by atoms with Gasteiger partial charge in [0.05, 0.1) is 5.69 Å². The van der Waals surface area contributed by atoms with Gasteiger partial charge in [-0.15, -0.1) is 0 Å². The van der Waals surface area contributed by atoms with E-state index in [1.54, 1.807) is 0 Å². The number of carbonyl (C=O) groups is 1. The van der Waals surface area contributed by atoms with Gasteiger partial charge in [-0.3, -0.25) is 9.20 Å². The Bertz CT molecular complexity index is 839. The Morgan fingerprint density at radius 2 is 1.92 bits per heavy atom. The number of benzene rings is 1. The fourth-order valence-corrected chi connectivity index (χ4v) is 2.70. The van der Waals surface area contributed by atoms with Crippen LogP contribution in [0, 0.1) is 13.8 Å². The van der Waals surface area contributed by atoms with Crippen molar-refractivity contribution in [2.75, 3.05) is 18.4 Å². The van der Waals surface area contributed by atoms with Crippen molar-refractivity contribution in [3.63, 3.8) is 0 Å². The van der Waals surface area contributed by atoms with Gasteiger partial charge in [0, 0.05) is 25.0 Å². The summed E-state index contributed by atoms with van der Waals surface area (Å²) in [5.74, 6) is -0.0800. The number of fused-ring (bicyclic) bond motifs is 1. The molecule has 2 heterocycles. The molecule has 0 bridgehead atoms. The summed E-state index contributed by atoms with van der Waals surface area (Å²) in [5.41, 5.74) is 4.40. The van der Waals surface area contributed by atoms with Crippen LogP contribution in [-0.2, 0) is 0 Å². The first-order valence-corrected chi connectivity index (χ1v) is 8.17. The standard InChI is InChI=1S/C19H22N4O/c1-14-9-12-23-17(13-14)22-15(2)18(23)19(24)21-11-6-10-20-16-7-4-3-5-8-16/h3-5,7-9,12-13,20H,6,10-11H2,1-2H3,(H,21,24). The van der Waals surface area contributed by atoms with Crippen molar-refractivity contribution in [3.8, 4) is 0 Å². The van der Waals surface area contributed by atoms with Crippen molar-refractivity contribution in [2.45, 2.75) is 20.3 Å². The summed E-state index contributed by atoms with van der Waals surface area (Å²) in [5, 5.41) is 6.31. The van der Waals surface area contributed by atoms with E-state index in [4.69, 9.17) is 0 Å². The molecule has 5 heteroatoms. The fourth-order valence-electron chi connectivity index (χ4n) is 2.70. The largest absolute Gasteiger partial charge is 0.385 e. The molecular weight excluding hydrogens is 300 g/mol. The van der Waals surface area contributed by atoms with E-state index >= 15 is 0 Å². The molecule has 0 saturated heterocycles. The van der Waals surface area contributed by atoms with Crippen LogP contribution in [-0.4, -0.2) is 28.4 Å². The number of carbonyl (C=O) groups excluding carboxylic acids is 1. The Morgan fingerprint density at radius 1 is 1.12 bits per heavy atom. The average Bonchev–Trinajstić information content (AvgIpc) is 2.90. The molecule has 0 atom stereocenters. The number of hydrogen-bond donors (Lipinski definition) is 2. The Balaban J connectivity index is 1.55. The lowest BCUT2D eigenvalue weighted by Crippen LogP contribution is -2.27. The van der Waals surface area contributed by atoms with Crippen molar-refractivity contribution in [1.82, 2.24) is 14.7 Å². The molecule has 0 aliphatic carbocycles. The number of anilines is 1. The third kappa shape index (κ3) is 3.56. The van der Waals surface area contributed by atoms with Crippen LogP contribution in [0.3, 0.4) is 0 Å². The highest BCUT2D eigenvalue weighted by atomic mass is 16.1. The number of rotatable bonds is 6. The van der Waals surface area contributed by atoms with Gasteiger partial charge in [0.25, 0.3) is 5.91 Å². The van der Waals surface area contributed by atoms with Gasteiger partial charge in [0.2, 0.25) is 0 Å². The molecule has 2 N–H and O–H groups in total. The first kappa shape index (κ1) is 16.1. The van der Waals surface area contributed by atoms with E-state index in [0.717, 1.165) is 35.6 Å². The lowest BCUT2D eigenvalue weighted by molar-refractivity contribution is 0.0947. The molecule has 3 aromatic rings. The first-order chi connectivity index (χ1) is 11.6. The van der Waals surface area contributed by atoms with Crippen LogP contribution >= 0.6 is 0 Å². The van der Waals surface area contributed by atoms with Crippen LogP contribution in [0.25, 0.3) is 5.65 Å². The number of nitrogens with zero attached hydrogens (tertiary/aromatic N) is 2. The third-order valence-electron chi connectivity index (χ3n) is 3.91. The molecular formula is C19H22N4O. The van der Waals surface area contributed by atoms with E-state index < -0.39 is 0 Å². The second-order valence-corrected chi connectivity index (χ2v) is 5.88. The highest BCUT2D eigenvalue weighted by Gasteiger charge is 2.15. The van der Waals surface area contributed by atoms with Crippen molar-refractivity contribution in [2.24, 2.45) is 0 Å². The zero-order valence-electron chi connectivity index (χ0n) is 14.0. The van der Waals surface area contributed by atoms with Gasteiger partial charge in [-0.25, -0.2) is 4.98 Å². The molecule has 1 aromatic carbocycles. The van der Waals surface area contributed by atoms with Crippen LogP contribution in [0.15, 0.2) is 48.7 Å². The quantitative estimate of drug-likeness (QED) is 0.685. The van der Waals surface area contributed by atoms with Crippen LogP contribution in [0.4, 0.5) is 5.69 Å². The summed E-state index contributed by atoms with van der Waals surface area (Å²) in [6.45, 7) is 5.32. The minimum Gasteiger partial charge on any atom is -0.385 e. The van der Waals surface area contributed by atoms with Gasteiger partial charge in [-0.2, -0.15) is 0 Å². The Morgan fingerprint density at radius 3 is 2.71 bits per heavy atom. The van der Waals surface area contributed by atoms with Gasteiger partial charge < -0.3 is 10.6 Å². The SMILES string of the molecule is Cc1ccn2c(C(=O)NCCCNc3ccccc3)c(C)nc2c1. The van der Waals surface area contributed by atoms with Crippen molar-refractivity contribution >= 4 is 17.2 Å². The van der Waals surface area contributed by atoms with Crippen LogP contribution in [0.1, 0.15) is 28.2 Å². The van der Waals surface area contributed by atoms with E-state index in [1.165, 1.54) is 0 Å². The zero-order valence-corrected chi connectivity index (χ0v) is 14.0. The average molecular weight is 322 g/mol. The van der Waals surface area contributed by atoms with Crippen molar-refractivity contribution in [1.29, 1.82) is 0 Å². The maximum atomic E-state index is 12.5. The maximum Gasteiger partial charge on any atom is 0.270 e. The van der Waals surface area contributed by atoms with Crippen LogP contribution < -0.4 is 10.6 Å². The van der Waals surface area contributed by atoms with Crippen molar-refractivity contribution < 1.29 is 4.79 Å². The Labute approximate surface area is 141 Å². The van der Waals surface area contributed by atoms with Gasteiger partial charge >= 0.3 is 0 Å². The number of aryl methyl sites for hydroxylation is 2. The third-order valence-corrected chi connectivity index (χ3v) is 3.91. The van der Waals surface area contributed by atoms with E-state index in [1.807, 2.05) is 66.9 Å². The molecule has 0 spiro atoms. The smallest absolute Gasteiger partial charge is 0.270 e. The predicted molar refractivity (Wildman–Crippen MR) is 96.5 cm³/mol. The molecule has 3 rings (SSSR count). The molecule has 0 aliphatic rings. The number of pyridine rings is 1. The van der Waals surface area contributed by atoms with Gasteiger partial charge in [0.15, 0.2) is 0 Å². The van der Waals surface area contributed by atoms with E-state index in [0.29, 0.717) is 12.2 Å². The Kier molecular flexibility index (Phi) is 4.79. The number of nitrogens with one attached hydrogen (secondary N) is 2.